The molecule has 5 heteroatoms. The van der Waals surface area contributed by atoms with Crippen LogP contribution in [0.15, 0.2) is 48.5 Å². The minimum Gasteiger partial charge on any atom is -0.497 e. The first-order valence-corrected chi connectivity index (χ1v) is 10.7. The smallest absolute Gasteiger partial charge is 0.138 e. The van der Waals surface area contributed by atoms with Crippen LogP contribution in [0.4, 0.5) is 5.69 Å². The minimum atomic E-state index is 0.187. The SMILES string of the molecule is COc1ccc(N2C[C@@H](Oc3ccc(Cl)cc3)[C@H]2CN2CCCCCC2)cc1. The van der Waals surface area contributed by atoms with Crippen molar-refractivity contribution in [3.05, 3.63) is 53.6 Å². The van der Waals surface area contributed by atoms with E-state index >= 15 is 0 Å². The molecular weight excluding hydrogens is 372 g/mol. The molecule has 0 amide bonds. The molecule has 2 aromatic rings. The Morgan fingerprint density at radius 3 is 2.18 bits per heavy atom. The topological polar surface area (TPSA) is 24.9 Å². The first-order valence-electron chi connectivity index (χ1n) is 10.3. The number of benzene rings is 2. The predicted octanol–water partition coefficient (Wildman–Crippen LogP) is 4.86. The Bertz CT molecular complexity index is 742. The highest BCUT2D eigenvalue weighted by molar-refractivity contribution is 6.30. The van der Waals surface area contributed by atoms with Crippen LogP contribution in [0.1, 0.15) is 25.7 Å². The van der Waals surface area contributed by atoms with Crippen molar-refractivity contribution in [1.82, 2.24) is 4.90 Å². The van der Waals surface area contributed by atoms with E-state index in [1.165, 1.54) is 44.5 Å². The minimum absolute atomic E-state index is 0.187. The van der Waals surface area contributed by atoms with Crippen molar-refractivity contribution >= 4 is 17.3 Å². The molecule has 0 saturated carbocycles. The number of hydrogen-bond acceptors (Lipinski definition) is 4. The Hall–Kier alpha value is -1.91. The molecule has 0 spiro atoms. The summed E-state index contributed by atoms with van der Waals surface area (Å²) in [5.41, 5.74) is 1.23. The third-order valence-corrected chi connectivity index (χ3v) is 6.11. The Morgan fingerprint density at radius 1 is 0.893 bits per heavy atom. The van der Waals surface area contributed by atoms with Gasteiger partial charge in [0.1, 0.15) is 17.6 Å². The summed E-state index contributed by atoms with van der Waals surface area (Å²) >= 11 is 6.02. The molecule has 0 radical (unpaired) electrons. The normalized spacial score (nSPS) is 23.0. The maximum Gasteiger partial charge on any atom is 0.138 e. The molecular formula is C23H29ClN2O2. The molecule has 2 heterocycles. The number of rotatable bonds is 6. The highest BCUT2D eigenvalue weighted by Crippen LogP contribution is 2.32. The van der Waals surface area contributed by atoms with Gasteiger partial charge in [0.15, 0.2) is 0 Å². The Labute approximate surface area is 173 Å². The van der Waals surface area contributed by atoms with Gasteiger partial charge in [0.05, 0.1) is 19.7 Å². The van der Waals surface area contributed by atoms with Crippen molar-refractivity contribution in [1.29, 1.82) is 0 Å². The Balaban J connectivity index is 1.48. The molecule has 0 bridgehead atoms. The molecule has 2 aromatic carbocycles. The van der Waals surface area contributed by atoms with Gasteiger partial charge in [0.2, 0.25) is 0 Å². The number of halogens is 1. The van der Waals surface area contributed by atoms with Crippen molar-refractivity contribution in [2.45, 2.75) is 37.8 Å². The van der Waals surface area contributed by atoms with Gasteiger partial charge in [-0.25, -0.2) is 0 Å². The number of hydrogen-bond donors (Lipinski definition) is 0. The molecule has 2 fully saturated rings. The summed E-state index contributed by atoms with van der Waals surface area (Å²) in [6.45, 7) is 4.33. The molecule has 28 heavy (non-hydrogen) atoms. The number of methoxy groups -OCH3 is 1. The lowest BCUT2D eigenvalue weighted by molar-refractivity contribution is 0.0888. The summed E-state index contributed by atoms with van der Waals surface area (Å²) in [5.74, 6) is 1.78. The van der Waals surface area contributed by atoms with Crippen LogP contribution in [0.3, 0.4) is 0 Å². The average Bonchev–Trinajstić information content (AvgIpc) is 2.99. The second-order valence-electron chi connectivity index (χ2n) is 7.74. The fourth-order valence-corrected chi connectivity index (χ4v) is 4.31. The molecule has 2 atom stereocenters. The maximum atomic E-state index is 6.34. The largest absolute Gasteiger partial charge is 0.497 e. The molecule has 2 aliphatic rings. The maximum absolute atomic E-state index is 6.34. The molecule has 4 nitrogen and oxygen atoms in total. The third kappa shape index (κ3) is 4.56. The molecule has 0 N–H and O–H groups in total. The van der Waals surface area contributed by atoms with Gasteiger partial charge in [0.25, 0.3) is 0 Å². The van der Waals surface area contributed by atoms with E-state index in [0.717, 1.165) is 29.6 Å². The van der Waals surface area contributed by atoms with Crippen LogP contribution < -0.4 is 14.4 Å². The lowest BCUT2D eigenvalue weighted by atomic mass is 9.96. The second-order valence-corrected chi connectivity index (χ2v) is 8.18. The molecule has 0 aliphatic carbocycles. The predicted molar refractivity (Wildman–Crippen MR) is 115 cm³/mol. The van der Waals surface area contributed by atoms with E-state index < -0.39 is 0 Å². The van der Waals surface area contributed by atoms with E-state index in [9.17, 15) is 0 Å². The van der Waals surface area contributed by atoms with E-state index in [-0.39, 0.29) is 6.10 Å². The van der Waals surface area contributed by atoms with Gasteiger partial charge in [-0.1, -0.05) is 24.4 Å². The van der Waals surface area contributed by atoms with Crippen molar-refractivity contribution in [2.24, 2.45) is 0 Å². The van der Waals surface area contributed by atoms with Gasteiger partial charge >= 0.3 is 0 Å². The average molecular weight is 401 g/mol. The lowest BCUT2D eigenvalue weighted by Crippen LogP contribution is -2.66. The number of ether oxygens (including phenoxy) is 2. The highest BCUT2D eigenvalue weighted by atomic mass is 35.5. The molecule has 2 saturated heterocycles. The van der Waals surface area contributed by atoms with Crippen molar-refractivity contribution in [3.63, 3.8) is 0 Å². The van der Waals surface area contributed by atoms with Crippen LogP contribution in [0, 0.1) is 0 Å². The number of likely N-dealkylation sites (tertiary alicyclic amines) is 1. The zero-order valence-corrected chi connectivity index (χ0v) is 17.3. The van der Waals surface area contributed by atoms with E-state index in [2.05, 4.69) is 21.9 Å². The van der Waals surface area contributed by atoms with Crippen LogP contribution in [-0.2, 0) is 0 Å². The summed E-state index contributed by atoms with van der Waals surface area (Å²) in [6, 6.07) is 16.4. The van der Waals surface area contributed by atoms with Crippen molar-refractivity contribution < 1.29 is 9.47 Å². The number of nitrogens with zero attached hydrogens (tertiary/aromatic N) is 2. The van der Waals surface area contributed by atoms with E-state index in [0.29, 0.717) is 6.04 Å². The van der Waals surface area contributed by atoms with E-state index in [4.69, 9.17) is 21.1 Å². The van der Waals surface area contributed by atoms with Gasteiger partial charge in [0, 0.05) is 17.3 Å². The lowest BCUT2D eigenvalue weighted by Gasteiger charge is -2.50. The quantitative estimate of drug-likeness (QED) is 0.691. The van der Waals surface area contributed by atoms with Crippen LogP contribution in [-0.4, -0.2) is 50.3 Å². The van der Waals surface area contributed by atoms with Gasteiger partial charge in [-0.05, 0) is 74.5 Å². The van der Waals surface area contributed by atoms with Gasteiger partial charge in [-0.15, -0.1) is 0 Å². The molecule has 0 aromatic heterocycles. The first kappa shape index (κ1) is 19.4. The summed E-state index contributed by atoms with van der Waals surface area (Å²) in [5, 5.41) is 0.738. The molecule has 4 rings (SSSR count). The molecule has 2 aliphatic heterocycles. The van der Waals surface area contributed by atoms with E-state index in [1.54, 1.807) is 7.11 Å². The van der Waals surface area contributed by atoms with Gasteiger partial charge in [-0.2, -0.15) is 0 Å². The summed E-state index contributed by atoms with van der Waals surface area (Å²) in [7, 11) is 1.71. The fraction of sp³-hybridized carbons (Fsp3) is 0.478. The van der Waals surface area contributed by atoms with Crippen LogP contribution in [0.25, 0.3) is 0 Å². The van der Waals surface area contributed by atoms with Crippen LogP contribution in [0.2, 0.25) is 5.02 Å². The summed E-state index contributed by atoms with van der Waals surface area (Å²) in [4.78, 5) is 5.08. The standard InChI is InChI=1S/C23H29ClN2O2/c1-27-20-12-8-19(9-13-20)26-17-23(28-21-10-6-18(24)7-11-21)22(26)16-25-14-4-2-3-5-15-25/h6-13,22-23H,2-5,14-17H2,1H3/t22-,23-/m1/s1. The highest BCUT2D eigenvalue weighted by Gasteiger charge is 2.41. The van der Waals surface area contributed by atoms with Gasteiger partial charge < -0.3 is 19.3 Å². The van der Waals surface area contributed by atoms with Crippen LogP contribution >= 0.6 is 11.6 Å². The Morgan fingerprint density at radius 2 is 1.54 bits per heavy atom. The monoisotopic (exact) mass is 400 g/mol. The second kappa shape index (κ2) is 9.06. The zero-order chi connectivity index (χ0) is 19.3. The van der Waals surface area contributed by atoms with E-state index in [1.807, 2.05) is 36.4 Å². The van der Waals surface area contributed by atoms with Gasteiger partial charge in [-0.3, -0.25) is 0 Å². The number of anilines is 1. The third-order valence-electron chi connectivity index (χ3n) is 5.86. The van der Waals surface area contributed by atoms with Crippen LogP contribution in [0.5, 0.6) is 11.5 Å². The Kier molecular flexibility index (Phi) is 6.28. The first-order chi connectivity index (χ1) is 13.7. The zero-order valence-electron chi connectivity index (χ0n) is 16.5. The van der Waals surface area contributed by atoms with Crippen molar-refractivity contribution in [2.75, 3.05) is 38.2 Å². The fourth-order valence-electron chi connectivity index (χ4n) is 4.19. The molecule has 150 valence electrons. The summed E-state index contributed by atoms with van der Waals surface area (Å²) in [6.07, 6.45) is 5.50. The molecule has 0 unspecified atom stereocenters. The van der Waals surface area contributed by atoms with Crippen molar-refractivity contribution in [3.8, 4) is 11.5 Å². The summed E-state index contributed by atoms with van der Waals surface area (Å²) < 4.78 is 11.6.